The van der Waals surface area contributed by atoms with Crippen molar-refractivity contribution in [1.82, 2.24) is 9.47 Å². The van der Waals surface area contributed by atoms with Crippen LogP contribution in [0.3, 0.4) is 0 Å². The molecule has 2 bridgehead atoms. The first-order valence-electron chi connectivity index (χ1n) is 12.0. The Labute approximate surface area is 200 Å². The average molecular weight is 461 g/mol. The Morgan fingerprint density at radius 3 is 2.44 bits per heavy atom. The lowest BCUT2D eigenvalue weighted by molar-refractivity contribution is -0.167. The van der Waals surface area contributed by atoms with Crippen LogP contribution in [0.25, 0.3) is 10.9 Å². The zero-order chi connectivity index (χ0) is 24.1. The number of methoxy groups -OCH3 is 1. The minimum absolute atomic E-state index is 0.0417. The molecule has 6 heteroatoms. The molecule has 0 saturated carbocycles. The van der Waals surface area contributed by atoms with E-state index in [1.54, 1.807) is 7.11 Å². The van der Waals surface area contributed by atoms with Gasteiger partial charge in [0.05, 0.1) is 7.11 Å². The van der Waals surface area contributed by atoms with Crippen molar-refractivity contribution in [2.75, 3.05) is 26.7 Å². The van der Waals surface area contributed by atoms with Gasteiger partial charge in [-0.3, -0.25) is 9.59 Å². The molecule has 2 aliphatic heterocycles. The molecule has 3 heterocycles. The number of hydrogen-bond acceptors (Lipinski definition) is 5. The van der Waals surface area contributed by atoms with E-state index in [-0.39, 0.29) is 5.78 Å². The minimum atomic E-state index is -1.33. The number of ketones is 1. The SMILES string of the molecule is COc1ccc(Cn2c3c(c4ccccc42)CCN2CCC(=O)C3(C(=O)OC(C)(C)C)C2)cc1. The van der Waals surface area contributed by atoms with E-state index in [0.29, 0.717) is 26.1 Å². The third-order valence-corrected chi connectivity index (χ3v) is 7.00. The fourth-order valence-electron chi connectivity index (χ4n) is 5.48. The number of carbonyl (C=O) groups excluding carboxylic acids is 2. The highest BCUT2D eigenvalue weighted by atomic mass is 16.6. The lowest BCUT2D eigenvalue weighted by atomic mass is 9.74. The van der Waals surface area contributed by atoms with Crippen LogP contribution in [0.1, 0.15) is 44.0 Å². The lowest BCUT2D eigenvalue weighted by Crippen LogP contribution is -2.58. The molecule has 2 aromatic carbocycles. The number of benzene rings is 2. The number of para-hydroxylation sites is 1. The number of aromatic nitrogens is 1. The highest BCUT2D eigenvalue weighted by Crippen LogP contribution is 2.43. The first kappa shape index (κ1) is 22.7. The van der Waals surface area contributed by atoms with Gasteiger partial charge in [0.15, 0.2) is 11.2 Å². The van der Waals surface area contributed by atoms with Gasteiger partial charge in [-0.15, -0.1) is 0 Å². The first-order chi connectivity index (χ1) is 16.2. The summed E-state index contributed by atoms with van der Waals surface area (Å²) in [6.45, 7) is 8.00. The Morgan fingerprint density at radius 1 is 1.03 bits per heavy atom. The van der Waals surface area contributed by atoms with Gasteiger partial charge in [-0.05, 0) is 56.5 Å². The summed E-state index contributed by atoms with van der Waals surface area (Å²) in [5, 5.41) is 1.11. The smallest absolute Gasteiger partial charge is 0.327 e. The van der Waals surface area contributed by atoms with Crippen molar-refractivity contribution >= 4 is 22.7 Å². The van der Waals surface area contributed by atoms with Crippen LogP contribution in [0, 0.1) is 0 Å². The number of ether oxygens (including phenoxy) is 2. The zero-order valence-electron chi connectivity index (χ0n) is 20.4. The third-order valence-electron chi connectivity index (χ3n) is 7.00. The molecular formula is C28H32N2O4. The maximum Gasteiger partial charge on any atom is 0.327 e. The van der Waals surface area contributed by atoms with Crippen LogP contribution < -0.4 is 4.74 Å². The normalized spacial score (nSPS) is 22.2. The van der Waals surface area contributed by atoms with Gasteiger partial charge in [0.1, 0.15) is 11.4 Å². The number of rotatable bonds is 4. The highest BCUT2D eigenvalue weighted by Gasteiger charge is 2.56. The Kier molecular flexibility index (Phi) is 5.52. The fraction of sp³-hybridized carbons (Fsp3) is 0.429. The van der Waals surface area contributed by atoms with E-state index in [4.69, 9.17) is 9.47 Å². The topological polar surface area (TPSA) is 60.8 Å². The van der Waals surface area contributed by atoms with Crippen molar-refractivity contribution in [2.24, 2.45) is 0 Å². The summed E-state index contributed by atoms with van der Waals surface area (Å²) >= 11 is 0. The van der Waals surface area contributed by atoms with Crippen LogP contribution in [0.5, 0.6) is 5.75 Å². The number of Topliss-reactive ketones (excluding diaryl/α,β-unsaturated/α-hetero) is 1. The van der Waals surface area contributed by atoms with E-state index in [9.17, 15) is 9.59 Å². The van der Waals surface area contributed by atoms with Gasteiger partial charge in [0.25, 0.3) is 0 Å². The van der Waals surface area contributed by atoms with Gasteiger partial charge in [0, 0.05) is 49.2 Å². The first-order valence-corrected chi connectivity index (χ1v) is 12.0. The molecule has 2 atom stereocenters. The van der Waals surface area contributed by atoms with E-state index >= 15 is 0 Å². The van der Waals surface area contributed by atoms with E-state index in [1.807, 2.05) is 57.2 Å². The summed E-state index contributed by atoms with van der Waals surface area (Å²) in [5.74, 6) is 0.319. The second kappa shape index (κ2) is 8.27. The number of fused-ring (bicyclic) bond motifs is 6. The molecule has 34 heavy (non-hydrogen) atoms. The van der Waals surface area contributed by atoms with E-state index in [0.717, 1.165) is 46.4 Å². The summed E-state index contributed by atoms with van der Waals surface area (Å²) in [6, 6.07) is 16.2. The van der Waals surface area contributed by atoms with Gasteiger partial charge < -0.3 is 18.9 Å². The van der Waals surface area contributed by atoms with Gasteiger partial charge in [0.2, 0.25) is 0 Å². The maximum absolute atomic E-state index is 13.9. The molecule has 1 fully saturated rings. The highest BCUT2D eigenvalue weighted by molar-refractivity contribution is 6.12. The Hall–Kier alpha value is -3.12. The second-order valence-corrected chi connectivity index (χ2v) is 10.4. The average Bonchev–Trinajstić information content (AvgIpc) is 3.03. The summed E-state index contributed by atoms with van der Waals surface area (Å²) in [6.07, 6.45) is 1.14. The van der Waals surface area contributed by atoms with E-state index in [2.05, 4.69) is 21.6 Å². The summed E-state index contributed by atoms with van der Waals surface area (Å²) in [7, 11) is 1.65. The summed E-state index contributed by atoms with van der Waals surface area (Å²) in [4.78, 5) is 30.0. The molecule has 0 aliphatic carbocycles. The van der Waals surface area contributed by atoms with Crippen molar-refractivity contribution in [3.63, 3.8) is 0 Å². The van der Waals surface area contributed by atoms with Gasteiger partial charge in [-0.2, -0.15) is 0 Å². The van der Waals surface area contributed by atoms with Crippen molar-refractivity contribution in [2.45, 2.75) is 51.2 Å². The van der Waals surface area contributed by atoms with Crippen molar-refractivity contribution in [1.29, 1.82) is 0 Å². The molecule has 6 nitrogen and oxygen atoms in total. The molecule has 0 radical (unpaired) electrons. The Morgan fingerprint density at radius 2 is 1.74 bits per heavy atom. The molecule has 3 aromatic rings. The van der Waals surface area contributed by atoms with Gasteiger partial charge >= 0.3 is 5.97 Å². The summed E-state index contributed by atoms with van der Waals surface area (Å²) in [5.41, 5.74) is 2.00. The molecule has 0 N–H and O–H groups in total. The molecule has 178 valence electrons. The van der Waals surface area contributed by atoms with Crippen LogP contribution in [-0.4, -0.2) is 53.6 Å². The molecule has 1 saturated heterocycles. The Bertz CT molecular complexity index is 1250. The van der Waals surface area contributed by atoms with E-state index in [1.165, 1.54) is 0 Å². The number of hydrogen-bond donors (Lipinski definition) is 0. The van der Waals surface area contributed by atoms with Crippen LogP contribution in [0.2, 0.25) is 0 Å². The number of carbonyl (C=O) groups is 2. The largest absolute Gasteiger partial charge is 0.497 e. The third kappa shape index (κ3) is 3.70. The molecule has 1 aromatic heterocycles. The van der Waals surface area contributed by atoms with Crippen molar-refractivity contribution in [3.05, 3.63) is 65.4 Å². The predicted octanol–water partition coefficient (Wildman–Crippen LogP) is 4.11. The molecule has 2 aliphatic rings. The van der Waals surface area contributed by atoms with Crippen molar-refractivity contribution < 1.29 is 19.1 Å². The van der Waals surface area contributed by atoms with Crippen molar-refractivity contribution in [3.8, 4) is 5.75 Å². The van der Waals surface area contributed by atoms with Gasteiger partial charge in [-0.25, -0.2) is 0 Å². The summed E-state index contributed by atoms with van der Waals surface area (Å²) < 4.78 is 13.5. The zero-order valence-corrected chi connectivity index (χ0v) is 20.4. The lowest BCUT2D eigenvalue weighted by Gasteiger charge is -2.40. The van der Waals surface area contributed by atoms with Crippen LogP contribution in [0.4, 0.5) is 0 Å². The molecule has 5 rings (SSSR count). The fourth-order valence-corrected chi connectivity index (χ4v) is 5.48. The van der Waals surface area contributed by atoms with Crippen LogP contribution in [-0.2, 0) is 32.7 Å². The predicted molar refractivity (Wildman–Crippen MR) is 131 cm³/mol. The monoisotopic (exact) mass is 460 g/mol. The van der Waals surface area contributed by atoms with E-state index < -0.39 is 17.0 Å². The number of piperidine rings is 1. The van der Waals surface area contributed by atoms with Gasteiger partial charge in [-0.1, -0.05) is 30.3 Å². The standard InChI is InChI=1S/C28H32N2O4/c1-27(2,3)34-26(32)28-18-29(16-14-24(28)31)15-13-22-21-7-5-6-8-23(21)30(25(22)28)17-19-9-11-20(33-4)12-10-19/h5-12H,13-18H2,1-4H3. The minimum Gasteiger partial charge on any atom is -0.497 e. The second-order valence-electron chi connectivity index (χ2n) is 10.4. The Balaban J connectivity index is 1.76. The molecular weight excluding hydrogens is 428 g/mol. The molecule has 2 unspecified atom stereocenters. The number of esters is 1. The van der Waals surface area contributed by atoms with Crippen LogP contribution >= 0.6 is 0 Å². The maximum atomic E-state index is 13.9. The molecule has 0 amide bonds. The molecule has 0 spiro atoms. The number of nitrogens with zero attached hydrogens (tertiary/aromatic N) is 2. The quantitative estimate of drug-likeness (QED) is 0.433. The van der Waals surface area contributed by atoms with Crippen LogP contribution in [0.15, 0.2) is 48.5 Å².